The van der Waals surface area contributed by atoms with Gasteiger partial charge in [0.1, 0.15) is 12.4 Å². The van der Waals surface area contributed by atoms with Gasteiger partial charge in [0.05, 0.1) is 18.5 Å². The number of hydrogen-bond donors (Lipinski definition) is 2. The Balaban J connectivity index is 0.00000280. The fourth-order valence-corrected chi connectivity index (χ4v) is 2.75. The maximum Gasteiger partial charge on any atom is 0.191 e. The maximum absolute atomic E-state index is 5.59. The second-order valence-corrected chi connectivity index (χ2v) is 6.09. The monoisotopic (exact) mass is 494 g/mol. The molecule has 2 heterocycles. The third kappa shape index (κ3) is 6.79. The Kier molecular flexibility index (Phi) is 9.78. The van der Waals surface area contributed by atoms with E-state index in [2.05, 4.69) is 39.7 Å². The van der Waals surface area contributed by atoms with Gasteiger partial charge in [-0.05, 0) is 36.9 Å². The minimum Gasteiger partial charge on any atom is -0.467 e. The largest absolute Gasteiger partial charge is 0.467 e. The number of hydrogen-bond acceptors (Lipinski definition) is 4. The smallest absolute Gasteiger partial charge is 0.191 e. The van der Waals surface area contributed by atoms with E-state index in [0.717, 1.165) is 42.3 Å². The first-order valence-corrected chi connectivity index (χ1v) is 9.31. The van der Waals surface area contributed by atoms with Crippen LogP contribution in [-0.4, -0.2) is 30.6 Å². The van der Waals surface area contributed by atoms with E-state index < -0.39 is 0 Å². The molecule has 0 amide bonds. The van der Waals surface area contributed by atoms with Crippen molar-refractivity contribution in [3.05, 3.63) is 66.4 Å². The van der Waals surface area contributed by atoms with Gasteiger partial charge in [0.15, 0.2) is 5.96 Å². The summed E-state index contributed by atoms with van der Waals surface area (Å²) < 4.78 is 10.8. The van der Waals surface area contributed by atoms with Crippen molar-refractivity contribution in [1.29, 1.82) is 0 Å². The van der Waals surface area contributed by atoms with E-state index in [-0.39, 0.29) is 24.0 Å². The van der Waals surface area contributed by atoms with Gasteiger partial charge in [-0.1, -0.05) is 24.3 Å². The van der Waals surface area contributed by atoms with Crippen molar-refractivity contribution in [2.45, 2.75) is 26.5 Å². The van der Waals surface area contributed by atoms with Gasteiger partial charge < -0.3 is 19.8 Å². The van der Waals surface area contributed by atoms with E-state index >= 15 is 0 Å². The average molecular weight is 494 g/mol. The number of furan rings is 1. The van der Waals surface area contributed by atoms with E-state index in [1.807, 2.05) is 36.5 Å². The number of guanidine groups is 1. The third-order valence-electron chi connectivity index (χ3n) is 4.07. The fraction of sp³-hybridized carbons (Fsp3) is 0.333. The molecule has 0 aliphatic carbocycles. The highest BCUT2D eigenvalue weighted by molar-refractivity contribution is 14.0. The Morgan fingerprint density at radius 3 is 2.86 bits per heavy atom. The fourth-order valence-electron chi connectivity index (χ4n) is 2.75. The van der Waals surface area contributed by atoms with Gasteiger partial charge in [0.25, 0.3) is 0 Å². The predicted octanol–water partition coefficient (Wildman–Crippen LogP) is 4.11. The molecule has 0 aliphatic heterocycles. The first-order valence-electron chi connectivity index (χ1n) is 9.31. The summed E-state index contributed by atoms with van der Waals surface area (Å²) in [4.78, 5) is 9.16. The number of benzene rings is 1. The highest BCUT2D eigenvalue weighted by atomic mass is 127. The number of pyridine rings is 1. The summed E-state index contributed by atoms with van der Waals surface area (Å²) in [6.45, 7) is 5.36. The van der Waals surface area contributed by atoms with Gasteiger partial charge >= 0.3 is 0 Å². The molecule has 2 aromatic heterocycles. The molecule has 0 spiro atoms. The quantitative estimate of drug-likeness (QED) is 0.203. The summed E-state index contributed by atoms with van der Waals surface area (Å²) in [6, 6.07) is 14.0. The van der Waals surface area contributed by atoms with Crippen molar-refractivity contribution in [1.82, 2.24) is 15.6 Å². The number of ether oxygens (including phenoxy) is 1. The van der Waals surface area contributed by atoms with Crippen molar-refractivity contribution < 1.29 is 9.15 Å². The highest BCUT2D eigenvalue weighted by Crippen LogP contribution is 2.16. The molecule has 3 aromatic rings. The zero-order valence-corrected chi connectivity index (χ0v) is 18.4. The first-order chi connectivity index (χ1) is 13.4. The van der Waals surface area contributed by atoms with Crippen molar-refractivity contribution in [3.63, 3.8) is 0 Å². The molecule has 0 fully saturated rings. The van der Waals surface area contributed by atoms with E-state index in [1.54, 1.807) is 6.26 Å². The normalized spacial score (nSPS) is 11.2. The topological polar surface area (TPSA) is 71.7 Å². The zero-order valence-electron chi connectivity index (χ0n) is 16.1. The Labute approximate surface area is 182 Å². The SMILES string of the molecule is CCNC(=NCc1nccc2ccccc12)NCCCOCc1ccco1.I. The lowest BCUT2D eigenvalue weighted by molar-refractivity contribution is 0.105. The Bertz CT molecular complexity index is 847. The second kappa shape index (κ2) is 12.4. The molecule has 1 aromatic carbocycles. The molecule has 2 N–H and O–H groups in total. The van der Waals surface area contributed by atoms with Gasteiger partial charge in [-0.15, -0.1) is 24.0 Å². The predicted molar refractivity (Wildman–Crippen MR) is 123 cm³/mol. The van der Waals surface area contributed by atoms with Gasteiger partial charge in [-0.3, -0.25) is 4.98 Å². The Hall–Kier alpha value is -2.13. The van der Waals surface area contributed by atoms with Crippen LogP contribution in [-0.2, 0) is 17.9 Å². The number of aromatic nitrogens is 1. The van der Waals surface area contributed by atoms with Crippen LogP contribution in [0, 0.1) is 0 Å². The van der Waals surface area contributed by atoms with Crippen molar-refractivity contribution in [2.75, 3.05) is 19.7 Å². The lowest BCUT2D eigenvalue weighted by atomic mass is 10.1. The van der Waals surface area contributed by atoms with E-state index in [0.29, 0.717) is 19.8 Å². The van der Waals surface area contributed by atoms with Gasteiger partial charge in [0.2, 0.25) is 0 Å². The van der Waals surface area contributed by atoms with Gasteiger partial charge in [-0.2, -0.15) is 0 Å². The summed E-state index contributed by atoms with van der Waals surface area (Å²) >= 11 is 0. The number of fused-ring (bicyclic) bond motifs is 1. The number of nitrogens with one attached hydrogen (secondary N) is 2. The number of nitrogens with zero attached hydrogens (tertiary/aromatic N) is 2. The molecular weight excluding hydrogens is 467 g/mol. The molecule has 0 aliphatic rings. The van der Waals surface area contributed by atoms with Crippen molar-refractivity contribution in [2.24, 2.45) is 4.99 Å². The Morgan fingerprint density at radius 1 is 1.14 bits per heavy atom. The van der Waals surface area contributed by atoms with Crippen molar-refractivity contribution >= 4 is 40.7 Å². The van der Waals surface area contributed by atoms with E-state index in [9.17, 15) is 0 Å². The summed E-state index contributed by atoms with van der Waals surface area (Å²) in [6.07, 6.45) is 4.38. The summed E-state index contributed by atoms with van der Waals surface area (Å²) in [7, 11) is 0. The molecule has 0 unspecified atom stereocenters. The average Bonchev–Trinajstić information content (AvgIpc) is 3.22. The van der Waals surface area contributed by atoms with Crippen LogP contribution in [0.2, 0.25) is 0 Å². The van der Waals surface area contributed by atoms with E-state index in [4.69, 9.17) is 9.15 Å². The molecular formula is C21H27IN4O2. The number of aliphatic imine (C=N–C) groups is 1. The zero-order chi connectivity index (χ0) is 18.7. The molecule has 7 heteroatoms. The first kappa shape index (κ1) is 22.2. The molecule has 150 valence electrons. The minimum atomic E-state index is 0. The third-order valence-corrected chi connectivity index (χ3v) is 4.07. The standard InChI is InChI=1S/C21H26N4O2.HI/c1-2-22-21(24-11-6-13-26-16-18-8-5-14-27-18)25-15-20-19-9-4-3-7-17(19)10-12-23-20;/h3-5,7-10,12,14H,2,6,11,13,15-16H2,1H3,(H2,22,24,25);1H. The van der Waals surface area contributed by atoms with Crippen LogP contribution in [0.15, 0.2) is 64.3 Å². The van der Waals surface area contributed by atoms with Crippen LogP contribution in [0.5, 0.6) is 0 Å². The summed E-state index contributed by atoms with van der Waals surface area (Å²) in [5, 5.41) is 8.94. The molecule has 0 saturated carbocycles. The summed E-state index contributed by atoms with van der Waals surface area (Å²) in [5.74, 6) is 1.64. The van der Waals surface area contributed by atoms with Crippen LogP contribution in [0.1, 0.15) is 24.8 Å². The molecule has 3 rings (SSSR count). The number of rotatable bonds is 9. The van der Waals surface area contributed by atoms with Crippen LogP contribution in [0.25, 0.3) is 10.8 Å². The lowest BCUT2D eigenvalue weighted by Crippen LogP contribution is -2.38. The molecule has 0 bridgehead atoms. The van der Waals surface area contributed by atoms with Gasteiger partial charge in [-0.25, -0.2) is 4.99 Å². The molecule has 0 atom stereocenters. The van der Waals surface area contributed by atoms with Crippen LogP contribution in [0.4, 0.5) is 0 Å². The minimum absolute atomic E-state index is 0. The van der Waals surface area contributed by atoms with Crippen LogP contribution >= 0.6 is 24.0 Å². The second-order valence-electron chi connectivity index (χ2n) is 6.09. The molecule has 28 heavy (non-hydrogen) atoms. The molecule has 0 radical (unpaired) electrons. The Morgan fingerprint density at radius 2 is 2.04 bits per heavy atom. The number of halogens is 1. The molecule has 6 nitrogen and oxygen atoms in total. The van der Waals surface area contributed by atoms with Crippen LogP contribution < -0.4 is 10.6 Å². The van der Waals surface area contributed by atoms with Crippen molar-refractivity contribution in [3.8, 4) is 0 Å². The van der Waals surface area contributed by atoms with E-state index in [1.165, 1.54) is 5.39 Å². The lowest BCUT2D eigenvalue weighted by Gasteiger charge is -2.11. The highest BCUT2D eigenvalue weighted by Gasteiger charge is 2.03. The maximum atomic E-state index is 5.59. The summed E-state index contributed by atoms with van der Waals surface area (Å²) in [5.41, 5.74) is 0.979. The van der Waals surface area contributed by atoms with Crippen LogP contribution in [0.3, 0.4) is 0 Å². The van der Waals surface area contributed by atoms with Gasteiger partial charge in [0, 0.05) is 31.3 Å². The molecule has 0 saturated heterocycles.